The van der Waals surface area contributed by atoms with Gasteiger partial charge >= 0.3 is 0 Å². The average Bonchev–Trinajstić information content (AvgIpc) is 2.21. The molecule has 0 N–H and O–H groups in total. The second-order valence-corrected chi connectivity index (χ2v) is 1.98. The molecule has 2 heteroatoms. The van der Waals surface area contributed by atoms with Crippen molar-refractivity contribution in [2.24, 2.45) is 0 Å². The van der Waals surface area contributed by atoms with Crippen LogP contribution >= 0.6 is 0 Å². The van der Waals surface area contributed by atoms with E-state index in [1.165, 1.54) is 0 Å². The molecule has 0 aliphatic heterocycles. The highest BCUT2D eigenvalue weighted by Gasteiger charge is 1.91. The third-order valence-corrected chi connectivity index (χ3v) is 1.28. The number of aryl methyl sites for hydroxylation is 1. The molecule has 0 fully saturated rings. The monoisotopic (exact) mass is 162 g/mol. The van der Waals surface area contributed by atoms with E-state index in [0.717, 1.165) is 12.1 Å². The van der Waals surface area contributed by atoms with Gasteiger partial charge in [-0.25, -0.2) is 4.98 Å². The average molecular weight is 162 g/mol. The summed E-state index contributed by atoms with van der Waals surface area (Å²) in [5, 5.41) is 8.45. The summed E-state index contributed by atoms with van der Waals surface area (Å²) in [4.78, 5) is 4.05. The van der Waals surface area contributed by atoms with Gasteiger partial charge in [0.05, 0.1) is 0 Å². The predicted octanol–water partition coefficient (Wildman–Crippen LogP) is 2.54. The van der Waals surface area contributed by atoms with Crippen LogP contribution in [0.15, 0.2) is 18.2 Å². The molecule has 0 amide bonds. The molecule has 1 rings (SSSR count). The van der Waals surface area contributed by atoms with Crippen molar-refractivity contribution < 1.29 is 0 Å². The number of aromatic nitrogens is 1. The largest absolute Gasteiger partial charge is 0.242 e. The first-order chi connectivity index (χ1) is 5.86. The molecule has 1 heterocycles. The molecule has 0 saturated heterocycles. The summed E-state index contributed by atoms with van der Waals surface area (Å²) in [6.07, 6.45) is 0.884. The van der Waals surface area contributed by atoms with Crippen molar-refractivity contribution in [3.05, 3.63) is 29.6 Å². The van der Waals surface area contributed by atoms with Crippen LogP contribution in [0.4, 0.5) is 0 Å². The van der Waals surface area contributed by atoms with E-state index in [-0.39, 0.29) is 0 Å². The second kappa shape index (κ2) is 6.36. The molecule has 0 aliphatic carbocycles. The van der Waals surface area contributed by atoms with Gasteiger partial charge in [0.25, 0.3) is 0 Å². The van der Waals surface area contributed by atoms with Gasteiger partial charge in [0.2, 0.25) is 0 Å². The summed E-state index contributed by atoms with van der Waals surface area (Å²) in [6.45, 7) is 6.02. The molecule has 0 spiro atoms. The molecule has 64 valence electrons. The van der Waals surface area contributed by atoms with Gasteiger partial charge in [-0.1, -0.05) is 26.8 Å². The van der Waals surface area contributed by atoms with Crippen molar-refractivity contribution in [1.82, 2.24) is 4.98 Å². The number of rotatable bonds is 1. The lowest BCUT2D eigenvalue weighted by Crippen LogP contribution is -1.88. The fourth-order valence-electron chi connectivity index (χ4n) is 0.739. The Morgan fingerprint density at radius 2 is 2.08 bits per heavy atom. The minimum Gasteiger partial charge on any atom is -0.242 e. The Hall–Kier alpha value is -1.36. The second-order valence-electron chi connectivity index (χ2n) is 1.98. The van der Waals surface area contributed by atoms with Crippen LogP contribution in [0.25, 0.3) is 0 Å². The molecule has 0 bridgehead atoms. The number of pyridine rings is 1. The van der Waals surface area contributed by atoms with E-state index in [1.807, 2.05) is 39.0 Å². The van der Waals surface area contributed by atoms with Crippen LogP contribution in [0.2, 0.25) is 0 Å². The topological polar surface area (TPSA) is 36.7 Å². The highest BCUT2D eigenvalue weighted by molar-refractivity contribution is 5.21. The number of hydrogen-bond acceptors (Lipinski definition) is 2. The minimum atomic E-state index is 0.499. The van der Waals surface area contributed by atoms with E-state index >= 15 is 0 Å². The molecule has 0 aromatic carbocycles. The Balaban J connectivity index is 0.000000561. The van der Waals surface area contributed by atoms with Gasteiger partial charge in [-0.05, 0) is 18.6 Å². The molecule has 0 unspecified atom stereocenters. The fourth-order valence-corrected chi connectivity index (χ4v) is 0.739. The Morgan fingerprint density at radius 3 is 2.58 bits per heavy atom. The third kappa shape index (κ3) is 3.16. The van der Waals surface area contributed by atoms with Crippen molar-refractivity contribution in [3.63, 3.8) is 0 Å². The molecule has 1 aromatic heterocycles. The van der Waals surface area contributed by atoms with Gasteiger partial charge < -0.3 is 0 Å². The predicted molar refractivity (Wildman–Crippen MR) is 49.7 cm³/mol. The number of nitrogens with zero attached hydrogens (tertiary/aromatic N) is 2. The first-order valence-electron chi connectivity index (χ1n) is 4.23. The van der Waals surface area contributed by atoms with Crippen molar-refractivity contribution in [3.8, 4) is 6.07 Å². The van der Waals surface area contributed by atoms with Gasteiger partial charge in [0.15, 0.2) is 0 Å². The maximum Gasteiger partial charge on any atom is 0.140 e. The molecule has 0 radical (unpaired) electrons. The summed E-state index contributed by atoms with van der Waals surface area (Å²) in [5.41, 5.74) is 1.47. The van der Waals surface area contributed by atoms with Crippen molar-refractivity contribution in [2.45, 2.75) is 27.2 Å². The zero-order valence-corrected chi connectivity index (χ0v) is 7.83. The normalized spacial score (nSPS) is 7.83. The first kappa shape index (κ1) is 10.6. The summed E-state index contributed by atoms with van der Waals surface area (Å²) < 4.78 is 0. The van der Waals surface area contributed by atoms with Crippen LogP contribution in [-0.2, 0) is 6.42 Å². The molecule has 2 nitrogen and oxygen atoms in total. The van der Waals surface area contributed by atoms with Gasteiger partial charge in [-0.3, -0.25) is 0 Å². The van der Waals surface area contributed by atoms with Crippen molar-refractivity contribution in [2.75, 3.05) is 0 Å². The number of nitriles is 1. The van der Waals surface area contributed by atoms with E-state index in [4.69, 9.17) is 5.26 Å². The Labute approximate surface area is 73.9 Å². The third-order valence-electron chi connectivity index (χ3n) is 1.28. The lowest BCUT2D eigenvalue weighted by atomic mass is 10.3. The standard InChI is InChI=1S/C8H8N2.C2H6/c1-2-7-4-3-5-8(6-9)10-7;1-2/h3-5H,2H2,1H3;1-2H3. The van der Waals surface area contributed by atoms with E-state index in [9.17, 15) is 0 Å². The van der Waals surface area contributed by atoms with Crippen LogP contribution in [0.5, 0.6) is 0 Å². The lowest BCUT2D eigenvalue weighted by molar-refractivity contribution is 1.02. The molecule has 12 heavy (non-hydrogen) atoms. The van der Waals surface area contributed by atoms with Crippen molar-refractivity contribution >= 4 is 0 Å². The summed E-state index contributed by atoms with van der Waals surface area (Å²) in [5.74, 6) is 0. The lowest BCUT2D eigenvalue weighted by Gasteiger charge is -1.92. The van der Waals surface area contributed by atoms with Crippen LogP contribution in [0, 0.1) is 11.3 Å². The van der Waals surface area contributed by atoms with E-state index in [1.54, 1.807) is 6.07 Å². The zero-order chi connectivity index (χ0) is 9.40. The van der Waals surface area contributed by atoms with E-state index < -0.39 is 0 Å². The maximum atomic E-state index is 8.45. The van der Waals surface area contributed by atoms with Gasteiger partial charge in [-0.2, -0.15) is 5.26 Å². The Bertz CT molecular complexity index is 261. The Kier molecular flexibility index (Phi) is 5.64. The van der Waals surface area contributed by atoms with Crippen LogP contribution in [0.3, 0.4) is 0 Å². The minimum absolute atomic E-state index is 0.499. The van der Waals surface area contributed by atoms with Crippen LogP contribution in [-0.4, -0.2) is 4.98 Å². The highest BCUT2D eigenvalue weighted by atomic mass is 14.7. The zero-order valence-electron chi connectivity index (χ0n) is 7.83. The molecular weight excluding hydrogens is 148 g/mol. The maximum absolute atomic E-state index is 8.45. The fraction of sp³-hybridized carbons (Fsp3) is 0.400. The quantitative estimate of drug-likeness (QED) is 0.636. The van der Waals surface area contributed by atoms with E-state index in [0.29, 0.717) is 5.69 Å². The SMILES string of the molecule is CC.CCc1cccc(C#N)n1. The van der Waals surface area contributed by atoms with Crippen LogP contribution < -0.4 is 0 Å². The highest BCUT2D eigenvalue weighted by Crippen LogP contribution is 1.97. The van der Waals surface area contributed by atoms with Gasteiger partial charge in [0.1, 0.15) is 11.8 Å². The Morgan fingerprint density at radius 1 is 1.42 bits per heavy atom. The van der Waals surface area contributed by atoms with Gasteiger partial charge in [0, 0.05) is 5.69 Å². The van der Waals surface area contributed by atoms with Crippen molar-refractivity contribution in [1.29, 1.82) is 5.26 Å². The molecular formula is C10H14N2. The molecule has 1 aromatic rings. The molecule has 0 saturated carbocycles. The van der Waals surface area contributed by atoms with Gasteiger partial charge in [-0.15, -0.1) is 0 Å². The summed E-state index contributed by atoms with van der Waals surface area (Å²) in [6, 6.07) is 7.47. The number of hydrogen-bond donors (Lipinski definition) is 0. The summed E-state index contributed by atoms with van der Waals surface area (Å²) >= 11 is 0. The molecule has 0 aliphatic rings. The van der Waals surface area contributed by atoms with Crippen LogP contribution in [0.1, 0.15) is 32.2 Å². The smallest absolute Gasteiger partial charge is 0.140 e. The molecule has 0 atom stereocenters. The summed E-state index contributed by atoms with van der Waals surface area (Å²) in [7, 11) is 0. The van der Waals surface area contributed by atoms with E-state index in [2.05, 4.69) is 4.98 Å². The first-order valence-corrected chi connectivity index (χ1v) is 4.23.